The van der Waals surface area contributed by atoms with Crippen molar-refractivity contribution < 1.29 is 22.7 Å². The van der Waals surface area contributed by atoms with Gasteiger partial charge in [0.05, 0.1) is 5.54 Å². The fourth-order valence-corrected chi connectivity index (χ4v) is 5.32. The normalized spacial score (nSPS) is 21.9. The summed E-state index contributed by atoms with van der Waals surface area (Å²) in [5.74, 6) is -1.68. The molecule has 1 fully saturated rings. The minimum Gasteiger partial charge on any atom is -0.489 e. The van der Waals surface area contributed by atoms with Crippen LogP contribution in [0.1, 0.15) is 30.9 Å². The highest BCUT2D eigenvalue weighted by atomic mass is 19.1. The Morgan fingerprint density at radius 3 is 2.44 bits per heavy atom. The Morgan fingerprint density at radius 2 is 1.69 bits per heavy atom. The number of carbonyl (C=O) groups is 1. The van der Waals surface area contributed by atoms with Crippen molar-refractivity contribution >= 4 is 11.6 Å². The van der Waals surface area contributed by atoms with Crippen LogP contribution in [0.15, 0.2) is 78.9 Å². The molecule has 2 atom stereocenters. The van der Waals surface area contributed by atoms with Crippen LogP contribution >= 0.6 is 0 Å². The molecule has 3 aromatic carbocycles. The van der Waals surface area contributed by atoms with Crippen LogP contribution in [0.25, 0.3) is 0 Å². The van der Waals surface area contributed by atoms with E-state index in [1.165, 1.54) is 12.1 Å². The van der Waals surface area contributed by atoms with Crippen LogP contribution in [0, 0.1) is 17.5 Å². The van der Waals surface area contributed by atoms with E-state index in [0.717, 1.165) is 55.3 Å². The molecule has 2 aliphatic rings. The van der Waals surface area contributed by atoms with Gasteiger partial charge < -0.3 is 4.74 Å². The number of ether oxygens (including phenoxy) is 1. The minimum absolute atomic E-state index is 0.118. The maximum atomic E-state index is 13.9. The fraction of sp³-hybridized carbons (Fsp3) is 0.276. The number of piperidine rings is 1. The molecule has 1 spiro atoms. The number of benzene rings is 3. The molecule has 186 valence electrons. The summed E-state index contributed by atoms with van der Waals surface area (Å²) in [6.07, 6.45) is 5.05. The Labute approximate surface area is 208 Å². The van der Waals surface area contributed by atoms with E-state index in [9.17, 15) is 18.0 Å². The molecule has 0 aromatic heterocycles. The molecule has 0 aliphatic carbocycles. The van der Waals surface area contributed by atoms with Gasteiger partial charge in [0.25, 0.3) is 5.91 Å². The third-order valence-corrected chi connectivity index (χ3v) is 6.99. The number of hydrogen-bond donors (Lipinski definition) is 0. The highest BCUT2D eigenvalue weighted by Gasteiger charge is 2.46. The van der Waals surface area contributed by atoms with E-state index < -0.39 is 17.2 Å². The Kier molecular flexibility index (Phi) is 6.58. The van der Waals surface area contributed by atoms with Gasteiger partial charge in [-0.3, -0.25) is 14.6 Å². The maximum absolute atomic E-state index is 13.9. The number of anilines is 1. The van der Waals surface area contributed by atoms with Gasteiger partial charge >= 0.3 is 0 Å². The minimum atomic E-state index is -0.676. The van der Waals surface area contributed by atoms with E-state index in [0.29, 0.717) is 5.69 Å². The quantitative estimate of drug-likeness (QED) is 0.423. The monoisotopic (exact) mass is 492 g/mol. The number of halogens is 3. The molecule has 0 saturated carbocycles. The van der Waals surface area contributed by atoms with Gasteiger partial charge in [-0.1, -0.05) is 36.4 Å². The van der Waals surface area contributed by atoms with Gasteiger partial charge in [-0.05, 0) is 49.1 Å². The zero-order chi connectivity index (χ0) is 25.3. The summed E-state index contributed by atoms with van der Waals surface area (Å²) < 4.78 is 46.3. The second kappa shape index (κ2) is 9.82. The number of nitrogens with zero attached hydrogens (tertiary/aromatic N) is 2. The van der Waals surface area contributed by atoms with Crippen molar-refractivity contribution in [3.8, 4) is 5.75 Å². The zero-order valence-corrected chi connectivity index (χ0v) is 20.0. The molecular formula is C29H27F3N2O2. The second-order valence-electron chi connectivity index (χ2n) is 9.58. The largest absolute Gasteiger partial charge is 0.489 e. The Balaban J connectivity index is 1.25. The second-order valence-corrected chi connectivity index (χ2v) is 9.58. The summed E-state index contributed by atoms with van der Waals surface area (Å²) >= 11 is 0. The van der Waals surface area contributed by atoms with Gasteiger partial charge in [-0.15, -0.1) is 0 Å². The van der Waals surface area contributed by atoms with Crippen LogP contribution in [-0.2, 0) is 17.9 Å². The molecule has 3 aromatic rings. The van der Waals surface area contributed by atoms with Crippen LogP contribution < -0.4 is 9.64 Å². The highest BCUT2D eigenvalue weighted by molar-refractivity contribution is 6.06. The van der Waals surface area contributed by atoms with Crippen LogP contribution in [-0.4, -0.2) is 28.9 Å². The third-order valence-electron chi connectivity index (χ3n) is 6.99. The van der Waals surface area contributed by atoms with E-state index >= 15 is 0 Å². The summed E-state index contributed by atoms with van der Waals surface area (Å²) in [5, 5.41) is 0. The predicted molar refractivity (Wildman–Crippen MR) is 132 cm³/mol. The smallest absolute Gasteiger partial charge is 0.251 e. The number of likely N-dealkylation sites (tertiary alicyclic amines) is 1. The third kappa shape index (κ3) is 5.02. The standard InChI is InChI=1S/C29H27F3N2O2/c1-20-17-29(9-8-28(35)34(29)26-7-3-6-23(30)14-26)10-11-33(20)18-21-4-2-5-22(12-21)19-36-27-15-24(31)13-25(32)16-27/h2-9,12-16,20H,10-11,17-19H2,1H3/t20-,29+/m1/s1. The fourth-order valence-electron chi connectivity index (χ4n) is 5.32. The van der Waals surface area contributed by atoms with Crippen LogP contribution in [0.2, 0.25) is 0 Å². The molecule has 2 heterocycles. The van der Waals surface area contributed by atoms with Crippen LogP contribution in [0.5, 0.6) is 5.75 Å². The molecule has 0 N–H and O–H groups in total. The molecule has 1 amide bonds. The van der Waals surface area contributed by atoms with Crippen molar-refractivity contribution in [3.05, 3.63) is 107 Å². The van der Waals surface area contributed by atoms with E-state index in [-0.39, 0.29) is 30.1 Å². The first-order valence-electron chi connectivity index (χ1n) is 12.0. The van der Waals surface area contributed by atoms with Gasteiger partial charge in [0.1, 0.15) is 29.8 Å². The first-order valence-corrected chi connectivity index (χ1v) is 12.0. The molecule has 5 rings (SSSR count). The lowest BCUT2D eigenvalue weighted by molar-refractivity contribution is -0.114. The van der Waals surface area contributed by atoms with E-state index in [1.807, 2.05) is 30.3 Å². The number of amides is 1. The number of hydrogen-bond acceptors (Lipinski definition) is 3. The average molecular weight is 493 g/mol. The lowest BCUT2D eigenvalue weighted by Crippen LogP contribution is -2.56. The van der Waals surface area contributed by atoms with Crippen molar-refractivity contribution in [1.29, 1.82) is 0 Å². The van der Waals surface area contributed by atoms with Crippen molar-refractivity contribution in [2.75, 3.05) is 11.4 Å². The summed E-state index contributed by atoms with van der Waals surface area (Å²) in [6.45, 7) is 3.84. The van der Waals surface area contributed by atoms with Crippen molar-refractivity contribution in [2.24, 2.45) is 0 Å². The number of rotatable bonds is 6. The molecule has 4 nitrogen and oxygen atoms in total. The highest BCUT2D eigenvalue weighted by Crippen LogP contribution is 2.41. The Morgan fingerprint density at radius 1 is 0.944 bits per heavy atom. The zero-order valence-electron chi connectivity index (χ0n) is 20.0. The Hall–Kier alpha value is -3.58. The summed E-state index contributed by atoms with van der Waals surface area (Å²) in [6, 6.07) is 17.4. The Bertz CT molecular complexity index is 1290. The molecule has 2 aliphatic heterocycles. The number of carbonyl (C=O) groups excluding carboxylic acids is 1. The van der Waals surface area contributed by atoms with Gasteiger partial charge in [0.15, 0.2) is 0 Å². The van der Waals surface area contributed by atoms with Crippen LogP contribution in [0.4, 0.5) is 18.9 Å². The molecule has 0 unspecified atom stereocenters. The van der Waals surface area contributed by atoms with Crippen molar-refractivity contribution in [1.82, 2.24) is 4.90 Å². The molecule has 1 saturated heterocycles. The lowest BCUT2D eigenvalue weighted by atomic mass is 9.82. The molecule has 36 heavy (non-hydrogen) atoms. The first kappa shape index (κ1) is 24.1. The van der Waals surface area contributed by atoms with E-state index in [1.54, 1.807) is 23.1 Å². The van der Waals surface area contributed by atoms with Crippen molar-refractivity contribution in [2.45, 2.75) is 44.5 Å². The summed E-state index contributed by atoms with van der Waals surface area (Å²) in [4.78, 5) is 16.8. The maximum Gasteiger partial charge on any atom is 0.251 e. The molecule has 0 radical (unpaired) electrons. The van der Waals surface area contributed by atoms with Crippen molar-refractivity contribution in [3.63, 3.8) is 0 Å². The molecule has 7 heteroatoms. The van der Waals surface area contributed by atoms with Gasteiger partial charge in [0.2, 0.25) is 0 Å². The summed E-state index contributed by atoms with van der Waals surface area (Å²) in [5.41, 5.74) is 2.12. The summed E-state index contributed by atoms with van der Waals surface area (Å²) in [7, 11) is 0. The molecular weight excluding hydrogens is 465 g/mol. The first-order chi connectivity index (χ1) is 17.3. The molecule has 0 bridgehead atoms. The van der Waals surface area contributed by atoms with E-state index in [4.69, 9.17) is 4.74 Å². The van der Waals surface area contributed by atoms with E-state index in [2.05, 4.69) is 11.8 Å². The van der Waals surface area contributed by atoms with Gasteiger partial charge in [-0.2, -0.15) is 0 Å². The van der Waals surface area contributed by atoms with Gasteiger partial charge in [0, 0.05) is 49.1 Å². The topological polar surface area (TPSA) is 32.8 Å². The average Bonchev–Trinajstić information content (AvgIpc) is 3.14. The van der Waals surface area contributed by atoms with Gasteiger partial charge in [-0.25, -0.2) is 13.2 Å². The lowest BCUT2D eigenvalue weighted by Gasteiger charge is -2.47. The SMILES string of the molecule is C[C@@H]1C[C@]2(C=CC(=O)N2c2cccc(F)c2)CCN1Cc1cccc(COc2cc(F)cc(F)c2)c1. The van der Waals surface area contributed by atoms with Crippen LogP contribution in [0.3, 0.4) is 0 Å². The predicted octanol–water partition coefficient (Wildman–Crippen LogP) is 6.01.